The minimum atomic E-state index is -4.65. The summed E-state index contributed by atoms with van der Waals surface area (Å²) < 4.78 is 21.8. The molecule has 0 heterocycles. The predicted octanol–water partition coefficient (Wildman–Crippen LogP) is -1.46. The van der Waals surface area contributed by atoms with Gasteiger partial charge in [0.25, 0.3) is 0 Å². The highest BCUT2D eigenvalue weighted by molar-refractivity contribution is 7.52. The first-order valence-corrected chi connectivity index (χ1v) is 9.39. The summed E-state index contributed by atoms with van der Waals surface area (Å²) in [7, 11) is -9.29. The zero-order valence-electron chi connectivity index (χ0n) is 10.8. The molecule has 0 saturated carbocycles. The van der Waals surface area contributed by atoms with E-state index in [2.05, 4.69) is 0 Å². The van der Waals surface area contributed by atoms with Crippen LogP contribution in [-0.2, 0) is 13.9 Å². The Morgan fingerprint density at radius 1 is 1.05 bits per heavy atom. The number of amides is 1. The van der Waals surface area contributed by atoms with Crippen LogP contribution in [0.1, 0.15) is 19.3 Å². The van der Waals surface area contributed by atoms with Crippen LogP contribution < -0.4 is 11.5 Å². The van der Waals surface area contributed by atoms with Gasteiger partial charge < -0.3 is 35.9 Å². The normalized spacial score (nSPS) is 14.1. The van der Waals surface area contributed by atoms with E-state index in [1.807, 2.05) is 0 Å². The van der Waals surface area contributed by atoms with Gasteiger partial charge in [-0.25, -0.2) is 0 Å². The Morgan fingerprint density at radius 3 is 1.85 bits per heavy atom. The van der Waals surface area contributed by atoms with Crippen LogP contribution in [0.15, 0.2) is 0 Å². The fourth-order valence-corrected chi connectivity index (χ4v) is 3.02. The summed E-state index contributed by atoms with van der Waals surface area (Å²) in [5.74, 6) is -0.909. The number of carbonyl (C=O) groups excluding carboxylic acids is 1. The van der Waals surface area contributed by atoms with Crippen LogP contribution in [0.5, 0.6) is 0 Å². The van der Waals surface area contributed by atoms with Crippen molar-refractivity contribution in [3.8, 4) is 0 Å². The third-order valence-electron chi connectivity index (χ3n) is 2.31. The van der Waals surface area contributed by atoms with Gasteiger partial charge in [0.2, 0.25) is 5.91 Å². The molecule has 0 aromatic rings. The molecule has 0 aromatic carbocycles. The lowest BCUT2D eigenvalue weighted by Crippen LogP contribution is -2.44. The van der Waals surface area contributed by atoms with Gasteiger partial charge in [-0.05, 0) is 19.4 Å². The molecule has 12 heteroatoms. The number of carbonyl (C=O) groups is 1. The Bertz CT molecular complexity index is 383. The van der Waals surface area contributed by atoms with Gasteiger partial charge in [-0.1, -0.05) is 6.42 Å². The van der Waals surface area contributed by atoms with E-state index < -0.39 is 39.7 Å². The summed E-state index contributed by atoms with van der Waals surface area (Å²) in [5, 5.41) is 0. The Morgan fingerprint density at radius 2 is 1.50 bits per heavy atom. The molecule has 0 aliphatic rings. The second kappa shape index (κ2) is 8.21. The van der Waals surface area contributed by atoms with E-state index >= 15 is 0 Å². The second-order valence-electron chi connectivity index (χ2n) is 4.38. The average molecular weight is 333 g/mol. The fraction of sp³-hybridized carbons (Fsp3) is 0.875. The highest BCUT2D eigenvalue weighted by Gasteiger charge is 2.31. The van der Waals surface area contributed by atoms with Gasteiger partial charge in [0, 0.05) is 0 Å². The second-order valence-corrected chi connectivity index (χ2v) is 7.61. The monoisotopic (exact) mass is 333 g/mol. The van der Waals surface area contributed by atoms with E-state index in [9.17, 15) is 13.9 Å². The van der Waals surface area contributed by atoms with E-state index in [0.717, 1.165) is 0 Å². The zero-order valence-corrected chi connectivity index (χ0v) is 12.6. The van der Waals surface area contributed by atoms with Crippen molar-refractivity contribution in [3.63, 3.8) is 0 Å². The van der Waals surface area contributed by atoms with Crippen molar-refractivity contribution in [1.82, 2.24) is 4.90 Å². The van der Waals surface area contributed by atoms with Crippen LogP contribution in [-0.4, -0.2) is 55.5 Å². The van der Waals surface area contributed by atoms with Gasteiger partial charge in [0.15, 0.2) is 0 Å². The minimum absolute atomic E-state index is 0.217. The maximum absolute atomic E-state index is 11.9. The molecule has 0 fully saturated rings. The molecule has 0 aliphatic heterocycles. The molecule has 0 bridgehead atoms. The van der Waals surface area contributed by atoms with E-state index in [0.29, 0.717) is 24.3 Å². The molecule has 1 atom stereocenters. The van der Waals surface area contributed by atoms with Gasteiger partial charge >= 0.3 is 15.2 Å². The lowest BCUT2D eigenvalue weighted by molar-refractivity contribution is -0.131. The number of unbranched alkanes of at least 4 members (excludes halogenated alkanes) is 1. The zero-order chi connectivity index (χ0) is 16.0. The number of rotatable bonds is 9. The Kier molecular flexibility index (Phi) is 8.08. The van der Waals surface area contributed by atoms with Gasteiger partial charge in [-0.3, -0.25) is 13.9 Å². The summed E-state index contributed by atoms with van der Waals surface area (Å²) in [6.45, 7) is 0.412. The van der Waals surface area contributed by atoms with Crippen molar-refractivity contribution < 1.29 is 33.5 Å². The van der Waals surface area contributed by atoms with Crippen LogP contribution in [0.2, 0.25) is 0 Å². The van der Waals surface area contributed by atoms with Crippen LogP contribution in [0.25, 0.3) is 0 Å². The topological polar surface area (TPSA) is 187 Å². The van der Waals surface area contributed by atoms with Crippen LogP contribution in [0.3, 0.4) is 0 Å². The molecule has 8 N–H and O–H groups in total. The van der Waals surface area contributed by atoms with Gasteiger partial charge in [-0.15, -0.1) is 0 Å². The van der Waals surface area contributed by atoms with Gasteiger partial charge in [0.05, 0.1) is 6.04 Å². The van der Waals surface area contributed by atoms with Crippen molar-refractivity contribution in [2.24, 2.45) is 11.5 Å². The molecule has 10 nitrogen and oxygen atoms in total. The van der Waals surface area contributed by atoms with Crippen molar-refractivity contribution in [3.05, 3.63) is 0 Å². The molecule has 120 valence electrons. The lowest BCUT2D eigenvalue weighted by Gasteiger charge is -2.26. The quantitative estimate of drug-likeness (QED) is 0.216. The van der Waals surface area contributed by atoms with E-state index in [-0.39, 0.29) is 6.42 Å². The summed E-state index contributed by atoms with van der Waals surface area (Å²) >= 11 is 0. The molecule has 0 spiro atoms. The van der Waals surface area contributed by atoms with E-state index in [1.54, 1.807) is 0 Å². The number of nitrogens with two attached hydrogens (primary N) is 2. The summed E-state index contributed by atoms with van der Waals surface area (Å²) in [4.78, 5) is 47.6. The van der Waals surface area contributed by atoms with E-state index in [1.165, 1.54) is 0 Å². The Balaban J connectivity index is 4.79. The first kappa shape index (κ1) is 19.7. The van der Waals surface area contributed by atoms with Crippen molar-refractivity contribution in [2.45, 2.75) is 25.3 Å². The molecule has 0 unspecified atom stereocenters. The SMILES string of the molecule is NCCCC[C@H](N)C(=O)N(CP(=O)(O)O)CP(=O)(O)O. The van der Waals surface area contributed by atoms with Crippen molar-refractivity contribution in [1.29, 1.82) is 0 Å². The number of hydrogen-bond donors (Lipinski definition) is 6. The smallest absolute Gasteiger partial charge is 0.330 e. The third-order valence-corrected chi connectivity index (χ3v) is 3.73. The molecular formula is C8H21N3O7P2. The average Bonchev–Trinajstić information content (AvgIpc) is 2.23. The first-order valence-electron chi connectivity index (χ1n) is 5.80. The molecule has 0 aliphatic carbocycles. The molecule has 20 heavy (non-hydrogen) atoms. The highest BCUT2D eigenvalue weighted by atomic mass is 31.2. The molecule has 0 radical (unpaired) electrons. The molecule has 0 rings (SSSR count). The number of nitrogens with zero attached hydrogens (tertiary/aromatic N) is 1. The maximum Gasteiger partial charge on any atom is 0.344 e. The van der Waals surface area contributed by atoms with Gasteiger partial charge in [-0.2, -0.15) is 0 Å². The Labute approximate surface area is 116 Å². The minimum Gasteiger partial charge on any atom is -0.330 e. The largest absolute Gasteiger partial charge is 0.344 e. The summed E-state index contributed by atoms with van der Waals surface area (Å²) in [6.07, 6.45) is -0.793. The molecule has 0 aromatic heterocycles. The predicted molar refractivity (Wildman–Crippen MR) is 71.5 cm³/mol. The number of hydrogen-bond acceptors (Lipinski definition) is 5. The summed E-state index contributed by atoms with van der Waals surface area (Å²) in [5.41, 5.74) is 10.8. The lowest BCUT2D eigenvalue weighted by atomic mass is 10.1. The summed E-state index contributed by atoms with van der Waals surface area (Å²) in [6, 6.07) is -1.08. The highest BCUT2D eigenvalue weighted by Crippen LogP contribution is 2.41. The third kappa shape index (κ3) is 9.57. The standard InChI is InChI=1S/C8H21N3O7P2/c9-4-2-1-3-7(10)8(12)11(5-19(13,14)15)6-20(16,17)18/h7H,1-6,9-10H2,(H2,13,14,15)(H2,16,17,18)/t7-/m0/s1. The fourth-order valence-electron chi connectivity index (χ4n) is 1.50. The maximum atomic E-state index is 11.9. The molecule has 0 saturated heterocycles. The van der Waals surface area contributed by atoms with Crippen LogP contribution in [0.4, 0.5) is 0 Å². The van der Waals surface area contributed by atoms with E-state index in [4.69, 9.17) is 31.0 Å². The first-order chi connectivity index (χ1) is 8.96. The van der Waals surface area contributed by atoms with Crippen molar-refractivity contribution >= 4 is 21.1 Å². The molecule has 1 amide bonds. The van der Waals surface area contributed by atoms with Gasteiger partial charge in [0.1, 0.15) is 12.6 Å². The van der Waals surface area contributed by atoms with Crippen LogP contribution in [0, 0.1) is 0 Å². The van der Waals surface area contributed by atoms with Crippen molar-refractivity contribution in [2.75, 3.05) is 19.1 Å². The Hall–Kier alpha value is -0.310. The molecular weight excluding hydrogens is 312 g/mol. The van der Waals surface area contributed by atoms with Crippen LogP contribution >= 0.6 is 15.2 Å².